The van der Waals surface area contributed by atoms with Crippen molar-refractivity contribution in [3.05, 3.63) is 73.8 Å². The fraction of sp³-hybridized carbons (Fsp3) is 0.381. The zero-order chi connectivity index (χ0) is 21.8. The Morgan fingerprint density at radius 3 is 2.13 bits per heavy atom. The summed E-state index contributed by atoms with van der Waals surface area (Å²) in [5.41, 5.74) is -0.223. The number of hydrogen-bond donors (Lipinski definition) is 0. The van der Waals surface area contributed by atoms with Crippen LogP contribution in [0.2, 0.25) is 0 Å². The predicted octanol–water partition coefficient (Wildman–Crippen LogP) is 4.60. The lowest BCUT2D eigenvalue weighted by Gasteiger charge is -2.34. The molecule has 2 aromatic carbocycles. The van der Waals surface area contributed by atoms with E-state index >= 15 is 0 Å². The van der Waals surface area contributed by atoms with Crippen LogP contribution >= 0.6 is 0 Å². The molecule has 0 amide bonds. The Balaban J connectivity index is 1.80. The average molecular weight is 414 g/mol. The number of carbonyl (C=O) groups excluding carboxylic acids is 1. The lowest BCUT2D eigenvalue weighted by atomic mass is 9.86. The lowest BCUT2D eigenvalue weighted by molar-refractivity contribution is -0.394. The van der Waals surface area contributed by atoms with Crippen LogP contribution < -0.4 is 4.74 Å². The van der Waals surface area contributed by atoms with Crippen molar-refractivity contribution < 1.29 is 24.1 Å². The molecule has 1 aliphatic carbocycles. The van der Waals surface area contributed by atoms with Crippen molar-refractivity contribution in [2.75, 3.05) is 0 Å². The summed E-state index contributed by atoms with van der Waals surface area (Å²) < 4.78 is 11.7. The molecule has 3 atom stereocenters. The third kappa shape index (κ3) is 5.11. The number of nitro groups is 2. The standard InChI is InChI=1S/C21H22N2O7/c1-13-3-6-18(7-4-13)29-19-8-5-14(2)9-20(19)30-21(24)15-10-16(22(25)26)12-17(11-15)23(27)28/h3-4,6-7,10-12,14,19-20H,5,8-9H2,1-2H3/t14-,19+,20+/m1/s1. The molecule has 0 bridgehead atoms. The summed E-state index contributed by atoms with van der Waals surface area (Å²) in [5, 5.41) is 22.1. The van der Waals surface area contributed by atoms with E-state index in [0.29, 0.717) is 24.5 Å². The van der Waals surface area contributed by atoms with Gasteiger partial charge in [0.15, 0.2) is 0 Å². The van der Waals surface area contributed by atoms with Crippen LogP contribution in [0.25, 0.3) is 0 Å². The van der Waals surface area contributed by atoms with Gasteiger partial charge in [-0.2, -0.15) is 0 Å². The van der Waals surface area contributed by atoms with Crippen molar-refractivity contribution in [1.29, 1.82) is 0 Å². The van der Waals surface area contributed by atoms with Gasteiger partial charge in [-0.3, -0.25) is 20.2 Å². The largest absolute Gasteiger partial charge is 0.487 e. The van der Waals surface area contributed by atoms with Gasteiger partial charge in [0.2, 0.25) is 0 Å². The van der Waals surface area contributed by atoms with E-state index in [1.165, 1.54) is 0 Å². The van der Waals surface area contributed by atoms with Crippen molar-refractivity contribution in [2.24, 2.45) is 5.92 Å². The molecule has 1 saturated carbocycles. The topological polar surface area (TPSA) is 122 Å². The van der Waals surface area contributed by atoms with Gasteiger partial charge in [0, 0.05) is 12.1 Å². The summed E-state index contributed by atoms with van der Waals surface area (Å²) in [6.45, 7) is 4.01. The zero-order valence-corrected chi connectivity index (χ0v) is 16.6. The molecule has 3 rings (SSSR count). The highest BCUT2D eigenvalue weighted by molar-refractivity contribution is 5.91. The molecule has 0 unspecified atom stereocenters. The quantitative estimate of drug-likeness (QED) is 0.384. The summed E-state index contributed by atoms with van der Waals surface area (Å²) in [4.78, 5) is 33.3. The number of ether oxygens (including phenoxy) is 2. The highest BCUT2D eigenvalue weighted by Crippen LogP contribution is 2.31. The first-order chi connectivity index (χ1) is 14.2. The van der Waals surface area contributed by atoms with Crippen molar-refractivity contribution >= 4 is 17.3 Å². The number of carbonyl (C=O) groups is 1. The molecule has 1 aliphatic rings. The summed E-state index contributed by atoms with van der Waals surface area (Å²) in [6.07, 6.45) is 1.22. The smallest absolute Gasteiger partial charge is 0.339 e. The van der Waals surface area contributed by atoms with Gasteiger partial charge >= 0.3 is 5.97 Å². The maximum absolute atomic E-state index is 12.7. The Morgan fingerprint density at radius 1 is 0.967 bits per heavy atom. The van der Waals surface area contributed by atoms with Crippen molar-refractivity contribution in [3.63, 3.8) is 0 Å². The van der Waals surface area contributed by atoms with Crippen LogP contribution in [0, 0.1) is 33.1 Å². The van der Waals surface area contributed by atoms with E-state index in [9.17, 15) is 25.0 Å². The molecule has 0 spiro atoms. The molecule has 9 nitrogen and oxygen atoms in total. The zero-order valence-electron chi connectivity index (χ0n) is 16.6. The molecule has 0 aromatic heterocycles. The molecule has 0 N–H and O–H groups in total. The van der Waals surface area contributed by atoms with Gasteiger partial charge in [0.25, 0.3) is 11.4 Å². The van der Waals surface area contributed by atoms with Crippen molar-refractivity contribution in [2.45, 2.75) is 45.3 Å². The van der Waals surface area contributed by atoms with Gasteiger partial charge in [-0.25, -0.2) is 4.79 Å². The Bertz CT molecular complexity index is 926. The van der Waals surface area contributed by atoms with E-state index < -0.39 is 33.3 Å². The number of non-ortho nitro benzene ring substituents is 2. The van der Waals surface area contributed by atoms with Crippen LogP contribution in [0.1, 0.15) is 42.1 Å². The van der Waals surface area contributed by atoms with Gasteiger partial charge in [-0.05, 0) is 44.2 Å². The first-order valence-corrected chi connectivity index (χ1v) is 9.61. The molecule has 158 valence electrons. The van der Waals surface area contributed by atoms with Gasteiger partial charge in [-0.15, -0.1) is 0 Å². The monoisotopic (exact) mass is 414 g/mol. The van der Waals surface area contributed by atoms with Crippen molar-refractivity contribution in [3.8, 4) is 5.75 Å². The fourth-order valence-electron chi connectivity index (χ4n) is 3.48. The first kappa shape index (κ1) is 21.2. The summed E-state index contributed by atoms with van der Waals surface area (Å²) in [7, 11) is 0. The van der Waals surface area contributed by atoms with E-state index in [0.717, 1.165) is 30.2 Å². The third-order valence-corrected chi connectivity index (χ3v) is 5.12. The second kappa shape index (κ2) is 8.89. The number of hydrogen-bond acceptors (Lipinski definition) is 7. The number of rotatable bonds is 6. The minimum Gasteiger partial charge on any atom is -0.487 e. The second-order valence-corrected chi connectivity index (χ2v) is 7.58. The van der Waals surface area contributed by atoms with Crippen LogP contribution in [0.3, 0.4) is 0 Å². The minimum absolute atomic E-state index is 0.233. The first-order valence-electron chi connectivity index (χ1n) is 9.61. The van der Waals surface area contributed by atoms with E-state index in [1.54, 1.807) is 0 Å². The van der Waals surface area contributed by atoms with Crippen LogP contribution in [-0.2, 0) is 4.74 Å². The minimum atomic E-state index is -0.849. The van der Waals surface area contributed by atoms with Gasteiger partial charge < -0.3 is 9.47 Å². The number of nitrogens with zero attached hydrogens (tertiary/aromatic N) is 2. The Kier molecular flexibility index (Phi) is 6.29. The van der Waals surface area contributed by atoms with Gasteiger partial charge in [-0.1, -0.05) is 24.6 Å². The van der Waals surface area contributed by atoms with Crippen LogP contribution in [0.4, 0.5) is 11.4 Å². The van der Waals surface area contributed by atoms with Gasteiger partial charge in [0.1, 0.15) is 18.0 Å². The highest BCUT2D eigenvalue weighted by Gasteiger charge is 2.34. The van der Waals surface area contributed by atoms with E-state index in [-0.39, 0.29) is 11.7 Å². The van der Waals surface area contributed by atoms with Crippen LogP contribution in [0.15, 0.2) is 42.5 Å². The number of esters is 1. The molecule has 0 aliphatic heterocycles. The number of nitro benzene ring substituents is 2. The maximum atomic E-state index is 12.7. The number of benzene rings is 2. The second-order valence-electron chi connectivity index (χ2n) is 7.58. The molecular formula is C21H22N2O7. The summed E-state index contributed by atoms with van der Waals surface area (Å²) in [5.74, 6) is 0.116. The molecule has 2 aromatic rings. The molecule has 30 heavy (non-hydrogen) atoms. The molecule has 0 saturated heterocycles. The van der Waals surface area contributed by atoms with Gasteiger partial charge in [0.05, 0.1) is 21.5 Å². The Hall–Kier alpha value is -3.49. The molecule has 9 heteroatoms. The normalized spacial score (nSPS) is 20.9. The molecule has 1 fully saturated rings. The Morgan fingerprint density at radius 2 is 1.57 bits per heavy atom. The van der Waals surface area contributed by atoms with Crippen LogP contribution in [-0.4, -0.2) is 28.0 Å². The molecule has 0 heterocycles. The van der Waals surface area contributed by atoms with E-state index in [4.69, 9.17) is 9.47 Å². The third-order valence-electron chi connectivity index (χ3n) is 5.12. The molecular weight excluding hydrogens is 392 g/mol. The fourth-order valence-corrected chi connectivity index (χ4v) is 3.48. The summed E-state index contributed by atoms with van der Waals surface area (Å²) in [6, 6.07) is 10.3. The lowest BCUT2D eigenvalue weighted by Crippen LogP contribution is -2.40. The SMILES string of the molecule is Cc1ccc(O[C@H]2CC[C@@H](C)C[C@@H]2OC(=O)c2cc([N+](=O)[O-])cc([N+](=O)[O-])c2)cc1. The summed E-state index contributed by atoms with van der Waals surface area (Å²) >= 11 is 0. The highest BCUT2D eigenvalue weighted by atomic mass is 16.6. The Labute approximate surface area is 172 Å². The van der Waals surface area contributed by atoms with Crippen molar-refractivity contribution in [1.82, 2.24) is 0 Å². The average Bonchev–Trinajstić information content (AvgIpc) is 2.71. The van der Waals surface area contributed by atoms with E-state index in [1.807, 2.05) is 38.1 Å². The number of aryl methyl sites for hydroxylation is 1. The van der Waals surface area contributed by atoms with E-state index in [2.05, 4.69) is 0 Å². The maximum Gasteiger partial charge on any atom is 0.339 e. The van der Waals surface area contributed by atoms with Crippen LogP contribution in [0.5, 0.6) is 5.75 Å². The molecule has 0 radical (unpaired) electrons. The predicted molar refractivity (Wildman–Crippen MR) is 108 cm³/mol.